The molecule has 0 aliphatic carbocycles. The topological polar surface area (TPSA) is 18.7 Å². The van der Waals surface area contributed by atoms with Gasteiger partial charge in [0.2, 0.25) is 6.34 Å². The molecule has 4 nitrogen and oxygen atoms in total. The molecule has 0 atom stereocenters. The Balaban J connectivity index is 1.67. The molecule has 0 bridgehead atoms. The van der Waals surface area contributed by atoms with Crippen LogP contribution in [-0.2, 0) is 4.74 Å². The number of hydrogen-bond acceptors (Lipinski definition) is 3. The number of anilines is 2. The van der Waals surface area contributed by atoms with Crippen LogP contribution in [0.4, 0.5) is 17.1 Å². The van der Waals surface area contributed by atoms with Gasteiger partial charge in [-0.15, -0.1) is 0 Å². The summed E-state index contributed by atoms with van der Waals surface area (Å²) in [5.74, 6) is 0. The highest BCUT2D eigenvalue weighted by Gasteiger charge is 2.28. The van der Waals surface area contributed by atoms with Gasteiger partial charge >= 0.3 is 0 Å². The van der Waals surface area contributed by atoms with E-state index in [4.69, 9.17) is 4.74 Å². The second-order valence-electron chi connectivity index (χ2n) is 7.34. The number of benzene rings is 2. The number of ether oxygens (including phenoxy) is 1. The summed E-state index contributed by atoms with van der Waals surface area (Å²) in [5, 5.41) is 0. The fourth-order valence-corrected chi connectivity index (χ4v) is 4.26. The lowest BCUT2D eigenvalue weighted by Gasteiger charge is -2.30. The maximum absolute atomic E-state index is 5.53. The van der Waals surface area contributed by atoms with E-state index < -0.39 is 0 Å². The standard InChI is InChI=1S/C22H28N3O/c1-17-14-18(2)22(19(3)15-17)25-9-8-24(16-25)21-7-5-4-6-20(21)23-10-12-26-13-11-23/h4-7,14-16H,8-13H2,1-3H3/q+1. The summed E-state index contributed by atoms with van der Waals surface area (Å²) in [4.78, 5) is 4.83. The third-order valence-electron chi connectivity index (χ3n) is 5.33. The lowest BCUT2D eigenvalue weighted by molar-refractivity contribution is -0.425. The Morgan fingerprint density at radius 2 is 1.54 bits per heavy atom. The van der Waals surface area contributed by atoms with E-state index in [2.05, 4.69) is 77.9 Å². The van der Waals surface area contributed by atoms with Crippen LogP contribution in [0, 0.1) is 20.8 Å². The molecule has 2 aliphatic heterocycles. The summed E-state index contributed by atoms with van der Waals surface area (Å²) in [6.07, 6.45) is 2.28. The van der Waals surface area contributed by atoms with Crippen LogP contribution in [-0.4, -0.2) is 50.3 Å². The van der Waals surface area contributed by atoms with Crippen LogP contribution in [0.1, 0.15) is 16.7 Å². The molecule has 1 saturated heterocycles. The van der Waals surface area contributed by atoms with Crippen molar-refractivity contribution in [2.45, 2.75) is 20.8 Å². The minimum Gasteiger partial charge on any atom is -0.378 e. The third kappa shape index (κ3) is 3.21. The molecular formula is C22H28N3O+. The minimum atomic E-state index is 0.811. The zero-order valence-electron chi connectivity index (χ0n) is 16.0. The molecule has 4 rings (SSSR count). The number of nitrogens with zero attached hydrogens (tertiary/aromatic N) is 3. The molecule has 1 fully saturated rings. The van der Waals surface area contributed by atoms with E-state index in [1.165, 1.54) is 33.8 Å². The quantitative estimate of drug-likeness (QED) is 0.788. The summed E-state index contributed by atoms with van der Waals surface area (Å²) in [6.45, 7) is 12.2. The second kappa shape index (κ2) is 7.12. The van der Waals surface area contributed by atoms with Gasteiger partial charge in [0.1, 0.15) is 24.5 Å². The molecule has 2 aliphatic rings. The smallest absolute Gasteiger partial charge is 0.244 e. The van der Waals surface area contributed by atoms with Gasteiger partial charge in [0.25, 0.3) is 0 Å². The number of aryl methyl sites for hydroxylation is 3. The molecule has 26 heavy (non-hydrogen) atoms. The summed E-state index contributed by atoms with van der Waals surface area (Å²) in [6, 6.07) is 13.3. The van der Waals surface area contributed by atoms with Crippen molar-refractivity contribution in [2.75, 3.05) is 49.2 Å². The summed E-state index contributed by atoms with van der Waals surface area (Å²) >= 11 is 0. The van der Waals surface area contributed by atoms with Gasteiger partial charge in [0.15, 0.2) is 0 Å². The first-order valence-corrected chi connectivity index (χ1v) is 9.51. The van der Waals surface area contributed by atoms with Crippen molar-refractivity contribution < 1.29 is 9.31 Å². The molecule has 0 amide bonds. The van der Waals surface area contributed by atoms with E-state index in [0.29, 0.717) is 0 Å². The average Bonchev–Trinajstić information content (AvgIpc) is 3.11. The molecule has 4 heteroatoms. The number of hydrogen-bond donors (Lipinski definition) is 0. The van der Waals surface area contributed by atoms with Crippen molar-refractivity contribution >= 4 is 23.4 Å². The van der Waals surface area contributed by atoms with Gasteiger partial charge in [-0.3, -0.25) is 0 Å². The van der Waals surface area contributed by atoms with Gasteiger partial charge in [0.05, 0.1) is 18.9 Å². The van der Waals surface area contributed by atoms with E-state index in [9.17, 15) is 0 Å². The largest absolute Gasteiger partial charge is 0.378 e. The Morgan fingerprint density at radius 1 is 0.885 bits per heavy atom. The van der Waals surface area contributed by atoms with Gasteiger partial charge in [-0.2, -0.15) is 0 Å². The third-order valence-corrected chi connectivity index (χ3v) is 5.33. The maximum Gasteiger partial charge on any atom is 0.244 e. The molecule has 0 saturated carbocycles. The monoisotopic (exact) mass is 350 g/mol. The van der Waals surface area contributed by atoms with Crippen molar-refractivity contribution in [3.63, 3.8) is 0 Å². The van der Waals surface area contributed by atoms with Crippen molar-refractivity contribution in [1.82, 2.24) is 0 Å². The molecule has 0 radical (unpaired) electrons. The van der Waals surface area contributed by atoms with E-state index in [0.717, 1.165) is 39.4 Å². The van der Waals surface area contributed by atoms with Crippen LogP contribution in [0.2, 0.25) is 0 Å². The highest BCUT2D eigenvalue weighted by molar-refractivity contribution is 5.86. The van der Waals surface area contributed by atoms with Crippen molar-refractivity contribution in [1.29, 1.82) is 0 Å². The number of para-hydroxylation sites is 2. The first-order valence-electron chi connectivity index (χ1n) is 9.51. The van der Waals surface area contributed by atoms with Crippen LogP contribution >= 0.6 is 0 Å². The first kappa shape index (κ1) is 17.1. The van der Waals surface area contributed by atoms with Crippen molar-refractivity contribution in [3.8, 4) is 0 Å². The van der Waals surface area contributed by atoms with Gasteiger partial charge in [0, 0.05) is 13.1 Å². The van der Waals surface area contributed by atoms with E-state index in [1.807, 2.05) is 0 Å². The SMILES string of the molecule is Cc1cc(C)c([N+]2=CN(c3ccccc3N3CCOCC3)CC2)c(C)c1. The first-order chi connectivity index (χ1) is 12.6. The molecule has 2 aromatic carbocycles. The van der Waals surface area contributed by atoms with Crippen LogP contribution in [0.5, 0.6) is 0 Å². The lowest BCUT2D eigenvalue weighted by Crippen LogP contribution is -2.37. The van der Waals surface area contributed by atoms with Crippen molar-refractivity contribution in [2.24, 2.45) is 0 Å². The number of rotatable bonds is 3. The molecule has 0 N–H and O–H groups in total. The fourth-order valence-electron chi connectivity index (χ4n) is 4.26. The van der Waals surface area contributed by atoms with Gasteiger partial charge < -0.3 is 9.64 Å². The molecule has 2 heterocycles. The highest BCUT2D eigenvalue weighted by Crippen LogP contribution is 2.32. The normalized spacial score (nSPS) is 17.6. The van der Waals surface area contributed by atoms with Crippen LogP contribution in [0.3, 0.4) is 0 Å². The van der Waals surface area contributed by atoms with E-state index >= 15 is 0 Å². The van der Waals surface area contributed by atoms with Gasteiger partial charge in [-0.25, -0.2) is 9.48 Å². The molecule has 2 aromatic rings. The zero-order chi connectivity index (χ0) is 18.1. The second-order valence-corrected chi connectivity index (χ2v) is 7.34. The van der Waals surface area contributed by atoms with Crippen LogP contribution in [0.25, 0.3) is 0 Å². The van der Waals surface area contributed by atoms with Gasteiger partial charge in [-0.1, -0.05) is 29.8 Å². The summed E-state index contributed by atoms with van der Waals surface area (Å²) < 4.78 is 7.93. The Labute approximate surface area is 156 Å². The Bertz CT molecular complexity index is 814. The maximum atomic E-state index is 5.53. The molecular weight excluding hydrogens is 322 g/mol. The van der Waals surface area contributed by atoms with E-state index in [-0.39, 0.29) is 0 Å². The predicted octanol–water partition coefficient (Wildman–Crippen LogP) is 3.64. The fraction of sp³-hybridized carbons (Fsp3) is 0.409. The zero-order valence-corrected chi connectivity index (χ0v) is 16.0. The van der Waals surface area contributed by atoms with Crippen LogP contribution in [0.15, 0.2) is 36.4 Å². The molecule has 0 aromatic heterocycles. The predicted molar refractivity (Wildman–Crippen MR) is 108 cm³/mol. The highest BCUT2D eigenvalue weighted by atomic mass is 16.5. The summed E-state index contributed by atoms with van der Waals surface area (Å²) in [5.41, 5.74) is 7.98. The molecule has 0 spiro atoms. The lowest BCUT2D eigenvalue weighted by atomic mass is 10.0. The average molecular weight is 350 g/mol. The summed E-state index contributed by atoms with van der Waals surface area (Å²) in [7, 11) is 0. The molecule has 0 unspecified atom stereocenters. The van der Waals surface area contributed by atoms with Crippen LogP contribution < -0.4 is 9.80 Å². The minimum absolute atomic E-state index is 0.811. The van der Waals surface area contributed by atoms with Crippen molar-refractivity contribution in [3.05, 3.63) is 53.1 Å². The Kier molecular flexibility index (Phi) is 4.68. The Morgan fingerprint density at radius 3 is 2.23 bits per heavy atom. The number of morpholine rings is 1. The Hall–Kier alpha value is -2.33. The van der Waals surface area contributed by atoms with Gasteiger partial charge in [-0.05, 0) is 44.0 Å². The van der Waals surface area contributed by atoms with E-state index in [1.54, 1.807) is 0 Å². The molecule has 136 valence electrons.